The Hall–Kier alpha value is -2.82. The van der Waals surface area contributed by atoms with Gasteiger partial charge in [-0.15, -0.1) is 0 Å². The van der Waals surface area contributed by atoms with Crippen LogP contribution in [0.3, 0.4) is 0 Å². The molecule has 1 heterocycles. The van der Waals surface area contributed by atoms with E-state index in [0.29, 0.717) is 0 Å². The fourth-order valence-electron chi connectivity index (χ4n) is 3.96. The Bertz CT molecular complexity index is 965. The van der Waals surface area contributed by atoms with Crippen LogP contribution in [0.1, 0.15) is 18.4 Å². The zero-order valence-corrected chi connectivity index (χ0v) is 18.7. The lowest BCUT2D eigenvalue weighted by Crippen LogP contribution is -2.60. The van der Waals surface area contributed by atoms with Gasteiger partial charge < -0.3 is 60.2 Å². The Kier molecular flexibility index (Phi) is 8.53. The number of esters is 1. The van der Waals surface area contributed by atoms with Gasteiger partial charge in [0.05, 0.1) is 18.8 Å². The van der Waals surface area contributed by atoms with Gasteiger partial charge >= 0.3 is 11.9 Å². The van der Waals surface area contributed by atoms with Gasteiger partial charge in [0.25, 0.3) is 0 Å². The van der Waals surface area contributed by atoms with E-state index in [1.807, 2.05) is 0 Å². The van der Waals surface area contributed by atoms with Crippen LogP contribution >= 0.6 is 0 Å². The number of carboxylic acids is 1. The topological polar surface area (TPSA) is 244 Å². The summed E-state index contributed by atoms with van der Waals surface area (Å²) in [7, 11) is 0. The van der Waals surface area contributed by atoms with E-state index in [-0.39, 0.29) is 11.3 Å². The third-order valence-corrected chi connectivity index (χ3v) is 5.99. The Morgan fingerprint density at radius 3 is 2.25 bits per heavy atom. The number of carboxylic acid groups (broad SMARTS) is 1. The molecule has 0 unspecified atom stereocenters. The minimum atomic E-state index is -2.35. The number of phenolic OH excluding ortho intramolecular Hbond substituents is 1. The summed E-state index contributed by atoms with van der Waals surface area (Å²) in [6.45, 7) is -0.661. The molecule has 1 aromatic carbocycles. The highest BCUT2D eigenvalue weighted by Crippen LogP contribution is 2.33. The summed E-state index contributed by atoms with van der Waals surface area (Å²) in [5.41, 5.74) is -2.08. The second-order valence-electron chi connectivity index (χ2n) is 8.66. The molecule has 1 aliphatic heterocycles. The lowest BCUT2D eigenvalue weighted by molar-refractivity contribution is -0.277. The van der Waals surface area contributed by atoms with Gasteiger partial charge in [0.2, 0.25) is 6.29 Å². The first-order valence-electron chi connectivity index (χ1n) is 10.9. The minimum Gasteiger partial charge on any atom is -0.504 e. The molecule has 1 aliphatic carbocycles. The molecule has 1 saturated carbocycles. The molecule has 0 spiro atoms. The molecule has 0 bridgehead atoms. The Labute approximate surface area is 203 Å². The molecule has 14 nitrogen and oxygen atoms in total. The molecule has 1 aromatic rings. The first-order chi connectivity index (χ1) is 16.9. The number of hydrogen-bond acceptors (Lipinski definition) is 13. The second kappa shape index (κ2) is 11.1. The molecule has 9 N–H and O–H groups in total. The number of carbonyl (C=O) groups excluding carboxylic acids is 1. The minimum absolute atomic E-state index is 0.182. The summed E-state index contributed by atoms with van der Waals surface area (Å²) in [5.74, 6) is -3.25. The highest BCUT2D eigenvalue weighted by atomic mass is 16.7. The normalized spacial score (nSPS) is 37.0. The van der Waals surface area contributed by atoms with Crippen molar-refractivity contribution in [3.8, 4) is 11.5 Å². The van der Waals surface area contributed by atoms with Crippen molar-refractivity contribution < 1.29 is 69.8 Å². The van der Waals surface area contributed by atoms with Crippen molar-refractivity contribution in [2.75, 3.05) is 6.61 Å². The predicted octanol–water partition coefficient (Wildman–Crippen LogP) is -3.17. The van der Waals surface area contributed by atoms with E-state index in [4.69, 9.17) is 19.3 Å². The number of ether oxygens (including phenoxy) is 3. The number of aliphatic hydroxyl groups excluding tert-OH is 6. The van der Waals surface area contributed by atoms with Crippen LogP contribution < -0.4 is 4.74 Å². The van der Waals surface area contributed by atoms with Crippen molar-refractivity contribution in [2.45, 2.75) is 67.5 Å². The van der Waals surface area contributed by atoms with Gasteiger partial charge in [-0.25, -0.2) is 9.59 Å². The molecule has 36 heavy (non-hydrogen) atoms. The van der Waals surface area contributed by atoms with Gasteiger partial charge in [-0.1, -0.05) is 6.07 Å². The molecule has 7 atom stereocenters. The lowest BCUT2D eigenvalue weighted by Gasteiger charge is -2.39. The van der Waals surface area contributed by atoms with Gasteiger partial charge in [0.15, 0.2) is 23.2 Å². The zero-order chi connectivity index (χ0) is 26.8. The van der Waals surface area contributed by atoms with Gasteiger partial charge in [-0.2, -0.15) is 0 Å². The van der Waals surface area contributed by atoms with E-state index in [1.54, 1.807) is 0 Å². The number of aliphatic hydroxyl groups is 7. The smallest absolute Gasteiger partial charge is 0.335 e. The standard InChI is InChI=1S/C22H28O14/c23-8-14-16(28)17(29)18(30)20(35-14)34-13-3-1-9(5-10(13)24)2-4-15(27)36-19-11(25)6-22(33,21(31)32)7-12(19)26/h1-5,11-12,14,16-20,23-26,28-30,33H,6-8H2,(H,31,32)/t11-,12-,14-,16-,17+,18-,19?,20+,22?/m1/s1. The summed E-state index contributed by atoms with van der Waals surface area (Å²) >= 11 is 0. The number of phenols is 1. The predicted molar refractivity (Wildman–Crippen MR) is 115 cm³/mol. The van der Waals surface area contributed by atoms with Crippen molar-refractivity contribution in [2.24, 2.45) is 0 Å². The van der Waals surface area contributed by atoms with Crippen LogP contribution in [-0.2, 0) is 19.1 Å². The highest BCUT2D eigenvalue weighted by Gasteiger charge is 2.50. The van der Waals surface area contributed by atoms with Crippen LogP contribution in [0.5, 0.6) is 11.5 Å². The maximum atomic E-state index is 12.1. The first kappa shape index (κ1) is 27.8. The number of hydrogen-bond donors (Lipinski definition) is 9. The van der Waals surface area contributed by atoms with Crippen LogP contribution in [0.25, 0.3) is 6.08 Å². The maximum absolute atomic E-state index is 12.1. The van der Waals surface area contributed by atoms with Crippen molar-refractivity contribution >= 4 is 18.0 Å². The third-order valence-electron chi connectivity index (χ3n) is 5.99. The third kappa shape index (κ3) is 5.93. The zero-order valence-electron chi connectivity index (χ0n) is 18.7. The Morgan fingerprint density at radius 1 is 1.06 bits per heavy atom. The molecule has 200 valence electrons. The van der Waals surface area contributed by atoms with E-state index >= 15 is 0 Å². The van der Waals surface area contributed by atoms with Gasteiger partial charge in [0.1, 0.15) is 24.4 Å². The monoisotopic (exact) mass is 516 g/mol. The molecule has 0 aromatic heterocycles. The summed E-state index contributed by atoms with van der Waals surface area (Å²) in [5, 5.41) is 88.2. The molecule has 2 fully saturated rings. The summed E-state index contributed by atoms with van der Waals surface area (Å²) in [6, 6.07) is 3.81. The van der Waals surface area contributed by atoms with Gasteiger partial charge in [-0.05, 0) is 23.8 Å². The van der Waals surface area contributed by atoms with Gasteiger partial charge in [0, 0.05) is 18.9 Å². The van der Waals surface area contributed by atoms with E-state index in [1.165, 1.54) is 24.3 Å². The van der Waals surface area contributed by atoms with E-state index in [2.05, 4.69) is 0 Å². The number of aromatic hydroxyl groups is 1. The highest BCUT2D eigenvalue weighted by molar-refractivity contribution is 5.87. The fourth-order valence-corrected chi connectivity index (χ4v) is 3.96. The van der Waals surface area contributed by atoms with Crippen LogP contribution in [0.4, 0.5) is 0 Å². The molecule has 0 radical (unpaired) electrons. The van der Waals surface area contributed by atoms with E-state index in [0.717, 1.165) is 6.08 Å². The molecule has 1 saturated heterocycles. The van der Waals surface area contributed by atoms with Crippen molar-refractivity contribution in [1.82, 2.24) is 0 Å². The number of carbonyl (C=O) groups is 2. The average molecular weight is 516 g/mol. The molecule has 3 rings (SSSR count). The van der Waals surface area contributed by atoms with Crippen LogP contribution in [-0.4, -0.2) is 119 Å². The van der Waals surface area contributed by atoms with E-state index < -0.39 is 91.8 Å². The first-order valence-corrected chi connectivity index (χ1v) is 10.9. The number of aliphatic carboxylic acids is 1. The number of rotatable bonds is 7. The largest absolute Gasteiger partial charge is 0.504 e. The van der Waals surface area contributed by atoms with Crippen molar-refractivity contribution in [3.05, 3.63) is 29.8 Å². The fraction of sp³-hybridized carbons (Fsp3) is 0.545. The quantitative estimate of drug-likeness (QED) is 0.128. The van der Waals surface area contributed by atoms with Crippen LogP contribution in [0.15, 0.2) is 24.3 Å². The summed E-state index contributed by atoms with van der Waals surface area (Å²) < 4.78 is 15.5. The Morgan fingerprint density at radius 2 is 1.69 bits per heavy atom. The van der Waals surface area contributed by atoms with E-state index in [9.17, 15) is 50.4 Å². The van der Waals surface area contributed by atoms with Crippen LogP contribution in [0.2, 0.25) is 0 Å². The molecule has 2 aliphatic rings. The second-order valence-corrected chi connectivity index (χ2v) is 8.66. The van der Waals surface area contributed by atoms with Crippen molar-refractivity contribution in [1.29, 1.82) is 0 Å². The number of benzene rings is 1. The summed E-state index contributed by atoms with van der Waals surface area (Å²) in [4.78, 5) is 23.3. The Balaban J connectivity index is 1.61. The molecule has 0 amide bonds. The van der Waals surface area contributed by atoms with Crippen molar-refractivity contribution in [3.63, 3.8) is 0 Å². The molecular formula is C22H28O14. The lowest BCUT2D eigenvalue weighted by atomic mass is 9.79. The molecular weight excluding hydrogens is 488 g/mol. The molecule has 14 heteroatoms. The summed E-state index contributed by atoms with van der Waals surface area (Å²) in [6.07, 6.45) is -11.5. The van der Waals surface area contributed by atoms with Crippen LogP contribution in [0, 0.1) is 0 Å². The van der Waals surface area contributed by atoms with Gasteiger partial charge in [-0.3, -0.25) is 0 Å². The average Bonchev–Trinajstić information content (AvgIpc) is 2.81. The maximum Gasteiger partial charge on any atom is 0.335 e. The SMILES string of the molecule is O=C(C=Cc1ccc(O[C@H]2O[C@H](CO)[C@@H](O)[C@H](O)[C@H]2O)c(O)c1)OC1[C@H](O)CC(O)(C(=O)O)C[C@H]1O.